The first kappa shape index (κ1) is 58.4. The Morgan fingerprint density at radius 3 is 1.63 bits per heavy atom. The molecular formula is C54H93I4O6V. The summed E-state index contributed by atoms with van der Waals surface area (Å²) in [5, 5.41) is 32.5. The fourth-order valence-electron chi connectivity index (χ4n) is 18.8. The molecule has 0 radical (unpaired) electrons. The third-order valence-electron chi connectivity index (χ3n) is 21.8. The van der Waals surface area contributed by atoms with E-state index in [0.717, 1.165) is 76.0 Å². The van der Waals surface area contributed by atoms with Gasteiger partial charge in [0, 0.05) is 18.3 Å². The molecule has 8 saturated carbocycles. The summed E-state index contributed by atoms with van der Waals surface area (Å²) in [6, 6.07) is 0. The number of fused-ring (bicyclic) bond motifs is 10. The number of ether oxygens (including phenoxy) is 1. The molecule has 8 unspecified atom stereocenters. The molecule has 65 heavy (non-hydrogen) atoms. The average Bonchev–Trinajstić information content (AvgIpc) is 3.82. The van der Waals surface area contributed by atoms with Crippen LogP contribution in [0.3, 0.4) is 0 Å². The molecule has 21 atom stereocenters. The Kier molecular flexibility index (Phi) is 22.2. The van der Waals surface area contributed by atoms with E-state index in [1.807, 2.05) is 4.93 Å². The molecule has 6 nitrogen and oxygen atoms in total. The van der Waals surface area contributed by atoms with Gasteiger partial charge in [-0.1, -0.05) is 104 Å². The van der Waals surface area contributed by atoms with Gasteiger partial charge in [-0.2, -0.15) is 0 Å². The third kappa shape index (κ3) is 11.6. The van der Waals surface area contributed by atoms with Crippen LogP contribution < -0.4 is 0 Å². The van der Waals surface area contributed by atoms with Crippen molar-refractivity contribution in [1.29, 1.82) is 0 Å². The molecule has 8 aliphatic rings. The zero-order chi connectivity index (χ0) is 48.4. The van der Waals surface area contributed by atoms with Crippen LogP contribution in [-0.4, -0.2) is 57.4 Å². The van der Waals surface area contributed by atoms with Crippen molar-refractivity contribution in [3.63, 3.8) is 0 Å². The zero-order valence-corrected chi connectivity index (χ0v) is 52.5. The molecule has 0 aromatic carbocycles. The molecule has 378 valence electrons. The molecule has 0 aromatic heterocycles. The van der Waals surface area contributed by atoms with Crippen LogP contribution in [0.2, 0.25) is 0 Å². The number of esters is 1. The van der Waals surface area contributed by atoms with Crippen molar-refractivity contribution in [2.45, 2.75) is 209 Å². The number of carbonyl (C=O) groups excluding carboxylic acids is 2. The van der Waals surface area contributed by atoms with E-state index in [-0.39, 0.29) is 51.9 Å². The third-order valence-corrected chi connectivity index (χ3v) is 21.8. The molecule has 8 aliphatic carbocycles. The zero-order valence-electron chi connectivity index (χ0n) is 42.5. The molecule has 0 amide bonds. The van der Waals surface area contributed by atoms with Crippen molar-refractivity contribution in [3.05, 3.63) is 0 Å². The Labute approximate surface area is 449 Å². The van der Waals surface area contributed by atoms with Gasteiger partial charge in [0.2, 0.25) is 0 Å². The summed E-state index contributed by atoms with van der Waals surface area (Å²) >= 11 is 9.54. The molecule has 0 bridgehead atoms. The number of alkyl halides is 1. The molecule has 0 heterocycles. The molecule has 0 aliphatic heterocycles. The molecule has 8 fully saturated rings. The Balaban J connectivity index is 0.000000219. The first-order valence-corrected chi connectivity index (χ1v) is 42.2. The van der Waals surface area contributed by atoms with Gasteiger partial charge in [-0.05, 0) is 200 Å². The normalized spacial score (nSPS) is 46.9. The summed E-state index contributed by atoms with van der Waals surface area (Å²) in [7, 11) is 1.47. The number of halogens is 4. The van der Waals surface area contributed by atoms with Gasteiger partial charge in [0.05, 0.1) is 25.4 Å². The number of rotatable bonds is 9. The van der Waals surface area contributed by atoms with E-state index in [1.54, 1.807) is 0 Å². The summed E-state index contributed by atoms with van der Waals surface area (Å²) in [6.45, 7) is 21.7. The number of hydrogen-bond acceptors (Lipinski definition) is 6. The Morgan fingerprint density at radius 2 is 1.11 bits per heavy atom. The van der Waals surface area contributed by atoms with Crippen LogP contribution in [0.5, 0.6) is 0 Å². The van der Waals surface area contributed by atoms with E-state index in [2.05, 4.69) is 145 Å². The Bertz CT molecular complexity index is 1550. The van der Waals surface area contributed by atoms with Gasteiger partial charge in [-0.3, -0.25) is 9.59 Å². The van der Waals surface area contributed by atoms with Gasteiger partial charge in [0.25, 0.3) is 0 Å². The van der Waals surface area contributed by atoms with Crippen LogP contribution in [0.25, 0.3) is 0 Å². The van der Waals surface area contributed by atoms with Crippen molar-refractivity contribution in [3.8, 4) is 0 Å². The van der Waals surface area contributed by atoms with Crippen LogP contribution >= 0.6 is 82.5 Å². The van der Waals surface area contributed by atoms with E-state index in [0.29, 0.717) is 82.2 Å². The van der Waals surface area contributed by atoms with Crippen molar-refractivity contribution in [1.82, 2.24) is 0 Å². The first-order chi connectivity index (χ1) is 30.7. The molecule has 11 heteroatoms. The van der Waals surface area contributed by atoms with Gasteiger partial charge in [0.15, 0.2) is 0 Å². The second kappa shape index (κ2) is 24.7. The summed E-state index contributed by atoms with van der Waals surface area (Å²) in [6.07, 6.45) is 21.5. The number of methoxy groups -OCH3 is 1. The number of aliphatic hydroxyl groups is 3. The Morgan fingerprint density at radius 1 is 0.662 bits per heavy atom. The summed E-state index contributed by atoms with van der Waals surface area (Å²) < 4.78 is 4.87. The van der Waals surface area contributed by atoms with Crippen molar-refractivity contribution in [2.24, 2.45) is 105 Å². The van der Waals surface area contributed by atoms with Gasteiger partial charge in [-0.15, -0.1) is 0 Å². The molecule has 0 saturated heterocycles. The molecule has 8 rings (SSSR count). The predicted molar refractivity (Wildman–Crippen MR) is 299 cm³/mol. The second-order valence-electron chi connectivity index (χ2n) is 24.1. The monoisotopic (exact) mass is 1400 g/mol. The SMILES string of the molecule is CCC[C@@H](C)C1CCC2C3C(CC[C@@]21C)[C@@]1(C)CC[C@@H](O)C[C@H]1[C@@H](CC)[C@H]3O.CC[C@H]1C(=O)C2C3CCC([C@H](C)CCC(=O)OC)[C@@]3(C)CCC2[C@@]2(C)CC[C@@H](O)C[C@@H]12.CI.[I][V]([I])[I]. The summed E-state index contributed by atoms with van der Waals surface area (Å²) in [5.41, 5.74) is 1.18. The van der Waals surface area contributed by atoms with Crippen molar-refractivity contribution in [2.75, 3.05) is 12.0 Å². The number of Topliss-reactive ketones (excluding diaryl/α,β-unsaturated/α-hetero) is 1. The number of ketones is 1. The average molecular weight is 1400 g/mol. The topological polar surface area (TPSA) is 104 Å². The summed E-state index contributed by atoms with van der Waals surface area (Å²) in [5.74, 6) is 7.62. The van der Waals surface area contributed by atoms with E-state index < -0.39 is 0 Å². The predicted octanol–water partition coefficient (Wildman–Crippen LogP) is 15.2. The van der Waals surface area contributed by atoms with Crippen LogP contribution in [0.1, 0.15) is 191 Å². The number of aliphatic hydroxyl groups excluding tert-OH is 3. The molecular weight excluding hydrogens is 1300 g/mol. The fraction of sp³-hybridized carbons (Fsp3) is 0.963. The summed E-state index contributed by atoms with van der Waals surface area (Å²) in [4.78, 5) is 27.4. The van der Waals surface area contributed by atoms with Crippen LogP contribution in [0.4, 0.5) is 0 Å². The minimum absolute atomic E-state index is 0.109. The maximum absolute atomic E-state index is 14.0. The van der Waals surface area contributed by atoms with E-state index in [1.165, 1.54) is 64.9 Å². The van der Waals surface area contributed by atoms with Crippen molar-refractivity contribution >= 4 is 94.3 Å². The van der Waals surface area contributed by atoms with Gasteiger partial charge >= 0.3 is 70.8 Å². The standard InChI is InChI=1S/C27H44O4.C26H46O2.CH3I.3HI.V/c1-6-18-22-15-17(28)11-13-27(22,4)21-12-14-26(3)19(16(2)7-10-23(29)31-5)8-9-20(26)24(21)25(18)30;1-6-8-16(3)19-9-10-20-23-21(12-14-25(19,20)4)26(5)13-11-17(27)15-22(26)18(7-2)24(23)28;1-2;;;;/h16-22,24,28H,6-15H2,1-5H3;16-24,27-28H,6-15H2,1-5H3;1H3;3*1H;/q;;;;;;+3/p-3/t16-,17-,18-,19?,20?,21?,22+,24?,26-,27-;16-,17-,18-,19?,20?,21?,22+,23?,24-,25-,26-;;;;;/m11...../s1. The van der Waals surface area contributed by atoms with Crippen LogP contribution in [-0.2, 0) is 19.2 Å². The van der Waals surface area contributed by atoms with E-state index in [9.17, 15) is 24.9 Å². The van der Waals surface area contributed by atoms with E-state index >= 15 is 0 Å². The van der Waals surface area contributed by atoms with Crippen LogP contribution in [0, 0.1) is 105 Å². The number of hydrogen-bond donors (Lipinski definition) is 3. The minimum atomic E-state index is -0.278. The van der Waals surface area contributed by atoms with Crippen molar-refractivity contribution < 1.29 is 34.6 Å². The van der Waals surface area contributed by atoms with Gasteiger partial charge < -0.3 is 20.1 Å². The maximum atomic E-state index is 14.0. The fourth-order valence-corrected chi connectivity index (χ4v) is 18.8. The Hall–Kier alpha value is 2.52. The number of carbonyl (C=O) groups is 2. The van der Waals surface area contributed by atoms with Crippen LogP contribution in [0.15, 0.2) is 0 Å². The first-order valence-electron chi connectivity index (χ1n) is 26.5. The van der Waals surface area contributed by atoms with Gasteiger partial charge in [0.1, 0.15) is 5.78 Å². The molecule has 0 spiro atoms. The molecule has 3 N–H and O–H groups in total. The van der Waals surface area contributed by atoms with E-state index in [4.69, 9.17) is 4.74 Å². The quantitative estimate of drug-likeness (QED) is 0.121. The van der Waals surface area contributed by atoms with Gasteiger partial charge in [-0.25, -0.2) is 0 Å². The second-order valence-corrected chi connectivity index (χ2v) is 59.5. The molecule has 0 aromatic rings.